The molecule has 0 aliphatic heterocycles. The quantitative estimate of drug-likeness (QED) is 0.528. The largest absolute Gasteiger partial charge is 0.381 e. The maximum atomic E-state index is 5.68. The van der Waals surface area contributed by atoms with Crippen LogP contribution in [0, 0.1) is 11.8 Å². The Morgan fingerprint density at radius 3 is 2.22 bits per heavy atom. The first-order valence-electron chi connectivity index (χ1n) is 7.87. The Morgan fingerprint density at radius 2 is 1.67 bits per heavy atom. The van der Waals surface area contributed by atoms with E-state index in [0.717, 1.165) is 31.6 Å². The minimum absolute atomic E-state index is 0.679. The second kappa shape index (κ2) is 12.0. The lowest BCUT2D eigenvalue weighted by atomic mass is 10.00. The molecule has 0 aliphatic rings. The van der Waals surface area contributed by atoms with Gasteiger partial charge in [0, 0.05) is 19.3 Å². The molecule has 18 heavy (non-hydrogen) atoms. The molecule has 0 aliphatic carbocycles. The van der Waals surface area contributed by atoms with Crippen LogP contribution in [-0.4, -0.2) is 25.8 Å². The number of nitrogens with one attached hydrogen (secondary N) is 1. The summed E-state index contributed by atoms with van der Waals surface area (Å²) in [5.74, 6) is 1.53. The molecule has 1 unspecified atom stereocenters. The van der Waals surface area contributed by atoms with Gasteiger partial charge in [-0.1, -0.05) is 34.6 Å². The van der Waals surface area contributed by atoms with Gasteiger partial charge >= 0.3 is 0 Å². The molecule has 1 atom stereocenters. The highest BCUT2D eigenvalue weighted by Crippen LogP contribution is 2.10. The summed E-state index contributed by atoms with van der Waals surface area (Å²) in [5, 5.41) is 3.65. The predicted octanol–water partition coefficient (Wildman–Crippen LogP) is 4.24. The molecular weight excluding hydrogens is 222 g/mol. The highest BCUT2D eigenvalue weighted by Gasteiger charge is 2.09. The summed E-state index contributed by atoms with van der Waals surface area (Å²) in [6, 6.07) is 0.679. The maximum Gasteiger partial charge on any atom is 0.0468 e. The molecule has 0 rings (SSSR count). The molecular formula is C16H35NO. The van der Waals surface area contributed by atoms with Gasteiger partial charge in [0.25, 0.3) is 0 Å². The van der Waals surface area contributed by atoms with Gasteiger partial charge in [0.2, 0.25) is 0 Å². The molecule has 2 nitrogen and oxygen atoms in total. The van der Waals surface area contributed by atoms with Crippen molar-refractivity contribution in [3.8, 4) is 0 Å². The Kier molecular flexibility index (Phi) is 11.9. The zero-order chi connectivity index (χ0) is 13.8. The average Bonchev–Trinajstić information content (AvgIpc) is 2.29. The zero-order valence-electron chi connectivity index (χ0n) is 13.3. The number of hydrogen-bond donors (Lipinski definition) is 1. The van der Waals surface area contributed by atoms with E-state index in [1.54, 1.807) is 0 Å². The Hall–Kier alpha value is -0.0800. The fourth-order valence-corrected chi connectivity index (χ4v) is 2.07. The standard InChI is InChI=1S/C16H35NO/c1-6-10-17-16(13-15(4)5)8-7-11-18-12-9-14(2)3/h14-17H,6-13H2,1-5H3. The van der Waals surface area contributed by atoms with Crippen LogP contribution in [0.3, 0.4) is 0 Å². The number of hydrogen-bond acceptors (Lipinski definition) is 2. The van der Waals surface area contributed by atoms with Crippen molar-refractivity contribution in [1.82, 2.24) is 5.32 Å². The second-order valence-corrected chi connectivity index (χ2v) is 6.22. The van der Waals surface area contributed by atoms with Crippen LogP contribution in [-0.2, 0) is 4.74 Å². The van der Waals surface area contributed by atoms with E-state index in [4.69, 9.17) is 4.74 Å². The van der Waals surface area contributed by atoms with E-state index in [1.165, 1.54) is 32.1 Å². The molecule has 0 aromatic rings. The van der Waals surface area contributed by atoms with Crippen LogP contribution in [0.2, 0.25) is 0 Å². The fraction of sp³-hybridized carbons (Fsp3) is 1.00. The van der Waals surface area contributed by atoms with E-state index in [2.05, 4.69) is 39.9 Å². The summed E-state index contributed by atoms with van der Waals surface area (Å²) >= 11 is 0. The number of ether oxygens (including phenoxy) is 1. The van der Waals surface area contributed by atoms with Crippen molar-refractivity contribution in [2.45, 2.75) is 72.8 Å². The summed E-state index contributed by atoms with van der Waals surface area (Å²) in [4.78, 5) is 0. The molecule has 0 radical (unpaired) electrons. The fourth-order valence-electron chi connectivity index (χ4n) is 2.07. The van der Waals surface area contributed by atoms with Crippen molar-refractivity contribution >= 4 is 0 Å². The minimum Gasteiger partial charge on any atom is -0.381 e. The highest BCUT2D eigenvalue weighted by molar-refractivity contribution is 4.68. The molecule has 0 aromatic carbocycles. The van der Waals surface area contributed by atoms with E-state index in [1.807, 2.05) is 0 Å². The molecule has 0 saturated carbocycles. The van der Waals surface area contributed by atoms with E-state index in [-0.39, 0.29) is 0 Å². The van der Waals surface area contributed by atoms with Crippen molar-refractivity contribution in [2.24, 2.45) is 11.8 Å². The first kappa shape index (κ1) is 17.9. The van der Waals surface area contributed by atoms with Crippen molar-refractivity contribution in [2.75, 3.05) is 19.8 Å². The van der Waals surface area contributed by atoms with E-state index >= 15 is 0 Å². The van der Waals surface area contributed by atoms with Gasteiger partial charge in [0.15, 0.2) is 0 Å². The van der Waals surface area contributed by atoms with E-state index < -0.39 is 0 Å². The third-order valence-electron chi connectivity index (χ3n) is 3.12. The van der Waals surface area contributed by atoms with Gasteiger partial charge in [-0.15, -0.1) is 0 Å². The van der Waals surface area contributed by atoms with Crippen LogP contribution in [0.25, 0.3) is 0 Å². The molecule has 0 saturated heterocycles. The van der Waals surface area contributed by atoms with Crippen LogP contribution >= 0.6 is 0 Å². The Labute approximate surface area is 115 Å². The lowest BCUT2D eigenvalue weighted by Gasteiger charge is -2.20. The smallest absolute Gasteiger partial charge is 0.0468 e. The molecule has 0 fully saturated rings. The summed E-state index contributed by atoms with van der Waals surface area (Å²) in [6.07, 6.45) is 6.13. The van der Waals surface area contributed by atoms with E-state index in [9.17, 15) is 0 Å². The third kappa shape index (κ3) is 12.4. The molecule has 0 heterocycles. The average molecular weight is 257 g/mol. The summed E-state index contributed by atoms with van der Waals surface area (Å²) < 4.78 is 5.68. The molecule has 0 amide bonds. The van der Waals surface area contributed by atoms with Crippen LogP contribution in [0.15, 0.2) is 0 Å². The van der Waals surface area contributed by atoms with Gasteiger partial charge < -0.3 is 10.1 Å². The maximum absolute atomic E-state index is 5.68. The number of rotatable bonds is 12. The van der Waals surface area contributed by atoms with Crippen LogP contribution < -0.4 is 5.32 Å². The van der Waals surface area contributed by atoms with Crippen molar-refractivity contribution in [1.29, 1.82) is 0 Å². The summed E-state index contributed by atoms with van der Waals surface area (Å²) in [6.45, 7) is 14.3. The Morgan fingerprint density at radius 1 is 0.944 bits per heavy atom. The Balaban J connectivity index is 3.55. The third-order valence-corrected chi connectivity index (χ3v) is 3.12. The van der Waals surface area contributed by atoms with Crippen molar-refractivity contribution in [3.05, 3.63) is 0 Å². The Bertz CT molecular complexity index is 168. The van der Waals surface area contributed by atoms with E-state index in [0.29, 0.717) is 6.04 Å². The van der Waals surface area contributed by atoms with Gasteiger partial charge in [-0.2, -0.15) is 0 Å². The monoisotopic (exact) mass is 257 g/mol. The van der Waals surface area contributed by atoms with Gasteiger partial charge in [-0.3, -0.25) is 0 Å². The minimum atomic E-state index is 0.679. The summed E-state index contributed by atoms with van der Waals surface area (Å²) in [7, 11) is 0. The molecule has 110 valence electrons. The van der Waals surface area contributed by atoms with Crippen LogP contribution in [0.1, 0.15) is 66.7 Å². The molecule has 2 heteroatoms. The van der Waals surface area contributed by atoms with Crippen LogP contribution in [0.4, 0.5) is 0 Å². The van der Waals surface area contributed by atoms with Gasteiger partial charge in [0.1, 0.15) is 0 Å². The molecule has 0 spiro atoms. The molecule has 1 N–H and O–H groups in total. The first-order valence-corrected chi connectivity index (χ1v) is 7.87. The highest BCUT2D eigenvalue weighted by atomic mass is 16.5. The predicted molar refractivity (Wildman–Crippen MR) is 81.0 cm³/mol. The normalized spacial score (nSPS) is 13.5. The van der Waals surface area contributed by atoms with Gasteiger partial charge in [0.05, 0.1) is 0 Å². The van der Waals surface area contributed by atoms with Crippen molar-refractivity contribution < 1.29 is 4.74 Å². The van der Waals surface area contributed by atoms with Crippen molar-refractivity contribution in [3.63, 3.8) is 0 Å². The molecule has 0 aromatic heterocycles. The van der Waals surface area contributed by atoms with Crippen LogP contribution in [0.5, 0.6) is 0 Å². The first-order chi connectivity index (χ1) is 8.56. The topological polar surface area (TPSA) is 21.3 Å². The summed E-state index contributed by atoms with van der Waals surface area (Å²) in [5.41, 5.74) is 0. The lowest BCUT2D eigenvalue weighted by molar-refractivity contribution is 0.117. The lowest BCUT2D eigenvalue weighted by Crippen LogP contribution is -2.31. The second-order valence-electron chi connectivity index (χ2n) is 6.22. The van der Waals surface area contributed by atoms with Gasteiger partial charge in [-0.25, -0.2) is 0 Å². The van der Waals surface area contributed by atoms with Gasteiger partial charge in [-0.05, 0) is 50.5 Å². The molecule has 0 bridgehead atoms. The zero-order valence-corrected chi connectivity index (χ0v) is 13.3. The SMILES string of the molecule is CCCNC(CCCOCCC(C)C)CC(C)C.